The van der Waals surface area contributed by atoms with Gasteiger partial charge in [-0.3, -0.25) is 9.13 Å². The molecular formula is C23H25ClN8O. The Morgan fingerprint density at radius 3 is 2.73 bits per heavy atom. The van der Waals surface area contributed by atoms with E-state index in [9.17, 15) is 4.79 Å². The van der Waals surface area contributed by atoms with Crippen molar-refractivity contribution in [1.82, 2.24) is 33.7 Å². The minimum Gasteiger partial charge on any atom is -0.322 e. The molecule has 0 spiro atoms. The van der Waals surface area contributed by atoms with Crippen LogP contribution in [0.25, 0.3) is 16.8 Å². The first kappa shape index (κ1) is 19.5. The highest BCUT2D eigenvalue weighted by Crippen LogP contribution is 2.63. The number of halogens is 1. The van der Waals surface area contributed by atoms with Crippen LogP contribution in [-0.4, -0.2) is 33.7 Å². The summed E-state index contributed by atoms with van der Waals surface area (Å²) < 4.78 is 5.29. The maximum atomic E-state index is 13.4. The average Bonchev–Trinajstić information content (AvgIpc) is 3.30. The maximum Gasteiger partial charge on any atom is 0.330 e. The first-order valence-corrected chi connectivity index (χ1v) is 12.0. The predicted molar refractivity (Wildman–Crippen MR) is 125 cm³/mol. The number of rotatable bonds is 3. The number of aryl methyl sites for hydroxylation is 1. The SMILES string of the molecule is Cn1c(=O)n(C2C3CC4CC2CC(C)(C4)C3)c2nc(Nc3cn4ncnc4cc3Cl)ncc21. The van der Waals surface area contributed by atoms with Gasteiger partial charge in [-0.05, 0) is 55.3 Å². The van der Waals surface area contributed by atoms with Crippen molar-refractivity contribution in [3.63, 3.8) is 0 Å². The van der Waals surface area contributed by atoms with Crippen LogP contribution in [0.5, 0.6) is 0 Å². The molecule has 4 aromatic heterocycles. The first-order valence-electron chi connectivity index (χ1n) is 11.6. The lowest BCUT2D eigenvalue weighted by atomic mass is 9.48. The van der Waals surface area contributed by atoms with Crippen LogP contribution in [0.4, 0.5) is 11.6 Å². The highest BCUT2D eigenvalue weighted by atomic mass is 35.5. The topological polar surface area (TPSA) is 94.9 Å². The summed E-state index contributed by atoms with van der Waals surface area (Å²) in [5.74, 6) is 2.30. The fourth-order valence-corrected chi connectivity index (χ4v) is 7.53. The van der Waals surface area contributed by atoms with Crippen LogP contribution < -0.4 is 11.0 Å². The molecule has 4 saturated carbocycles. The molecule has 0 radical (unpaired) electrons. The normalized spacial score (nSPS) is 30.5. The van der Waals surface area contributed by atoms with E-state index in [0.717, 1.165) is 11.4 Å². The van der Waals surface area contributed by atoms with Crippen LogP contribution >= 0.6 is 11.6 Å². The maximum absolute atomic E-state index is 13.4. The van der Waals surface area contributed by atoms with Crippen molar-refractivity contribution in [2.24, 2.45) is 30.2 Å². The van der Waals surface area contributed by atoms with Crippen molar-refractivity contribution in [1.29, 1.82) is 0 Å². The Morgan fingerprint density at radius 2 is 1.97 bits per heavy atom. The van der Waals surface area contributed by atoms with Gasteiger partial charge in [0.05, 0.1) is 23.1 Å². The van der Waals surface area contributed by atoms with Crippen molar-refractivity contribution < 1.29 is 0 Å². The van der Waals surface area contributed by atoms with E-state index in [1.54, 1.807) is 27.5 Å². The van der Waals surface area contributed by atoms with E-state index in [1.807, 2.05) is 11.6 Å². The van der Waals surface area contributed by atoms with Gasteiger partial charge in [-0.25, -0.2) is 19.3 Å². The lowest BCUT2D eigenvalue weighted by Gasteiger charge is -2.59. The Morgan fingerprint density at radius 1 is 1.18 bits per heavy atom. The molecule has 4 aliphatic carbocycles. The highest BCUT2D eigenvalue weighted by molar-refractivity contribution is 6.33. The monoisotopic (exact) mass is 464 g/mol. The molecule has 10 heteroatoms. The van der Waals surface area contributed by atoms with Crippen LogP contribution in [0.2, 0.25) is 5.02 Å². The van der Waals surface area contributed by atoms with Crippen LogP contribution in [0.15, 0.2) is 29.6 Å². The molecule has 4 aliphatic rings. The number of imidazole rings is 1. The number of nitrogens with zero attached hydrogens (tertiary/aromatic N) is 7. The third kappa shape index (κ3) is 2.81. The van der Waals surface area contributed by atoms with Crippen molar-refractivity contribution in [3.05, 3.63) is 40.3 Å². The second-order valence-corrected chi connectivity index (χ2v) is 11.0. The van der Waals surface area contributed by atoms with Gasteiger partial charge in [-0.2, -0.15) is 10.1 Å². The molecule has 2 unspecified atom stereocenters. The third-order valence-electron chi connectivity index (χ3n) is 8.27. The molecule has 0 amide bonds. The lowest BCUT2D eigenvalue weighted by molar-refractivity contribution is -0.0793. The van der Waals surface area contributed by atoms with Crippen molar-refractivity contribution in [3.8, 4) is 0 Å². The Balaban J connectivity index is 1.32. The molecule has 170 valence electrons. The summed E-state index contributed by atoms with van der Waals surface area (Å²) in [6, 6.07) is 1.95. The van der Waals surface area contributed by atoms with Gasteiger partial charge < -0.3 is 5.32 Å². The van der Waals surface area contributed by atoms with Crippen molar-refractivity contribution >= 4 is 40.0 Å². The number of aromatic nitrogens is 7. The van der Waals surface area contributed by atoms with E-state index in [1.165, 1.54) is 38.4 Å². The minimum absolute atomic E-state index is 0.00106. The zero-order chi connectivity index (χ0) is 22.5. The standard InChI is InChI=1S/C23H25ClN8O/c1-23-6-12-3-13(7-23)19(14(4-12)8-23)32-20-17(30(2)22(32)33)9-25-21(29-20)28-16-10-31-18(5-15(16)24)26-11-27-31/h5,9-14,19H,3-4,6-8H2,1-2H3,(H,25,28,29). The van der Waals surface area contributed by atoms with Crippen LogP contribution in [0.1, 0.15) is 45.1 Å². The molecule has 33 heavy (non-hydrogen) atoms. The molecular weight excluding hydrogens is 440 g/mol. The molecule has 0 saturated heterocycles. The molecule has 8 rings (SSSR count). The molecule has 4 bridgehead atoms. The van der Waals surface area contributed by atoms with Crippen LogP contribution in [0, 0.1) is 23.2 Å². The summed E-state index contributed by atoms with van der Waals surface area (Å²) in [4.78, 5) is 26.9. The summed E-state index contributed by atoms with van der Waals surface area (Å²) in [5, 5.41) is 7.87. The van der Waals surface area contributed by atoms with E-state index in [2.05, 4.69) is 27.3 Å². The summed E-state index contributed by atoms with van der Waals surface area (Å²) in [6.45, 7) is 2.44. The summed E-state index contributed by atoms with van der Waals surface area (Å²) in [5.41, 5.74) is 3.18. The molecule has 9 nitrogen and oxygen atoms in total. The Labute approximate surface area is 194 Å². The van der Waals surface area contributed by atoms with Gasteiger partial charge in [-0.1, -0.05) is 18.5 Å². The van der Waals surface area contributed by atoms with Gasteiger partial charge in [0.25, 0.3) is 0 Å². The van der Waals surface area contributed by atoms with Gasteiger partial charge in [0.2, 0.25) is 5.95 Å². The molecule has 4 aromatic rings. The molecule has 0 aliphatic heterocycles. The number of fused-ring (bicyclic) bond motifs is 2. The third-order valence-corrected chi connectivity index (χ3v) is 8.58. The van der Waals surface area contributed by atoms with Gasteiger partial charge in [0, 0.05) is 19.2 Å². The molecule has 4 heterocycles. The zero-order valence-electron chi connectivity index (χ0n) is 18.6. The first-order chi connectivity index (χ1) is 15.9. The van der Waals surface area contributed by atoms with Gasteiger partial charge in [-0.15, -0.1) is 0 Å². The van der Waals surface area contributed by atoms with Crippen LogP contribution in [-0.2, 0) is 7.05 Å². The molecule has 0 aromatic carbocycles. The van der Waals surface area contributed by atoms with Crippen molar-refractivity contribution in [2.75, 3.05) is 5.32 Å². The largest absolute Gasteiger partial charge is 0.330 e. The summed E-state index contributed by atoms with van der Waals surface area (Å²) >= 11 is 6.45. The second kappa shape index (κ2) is 6.56. The summed E-state index contributed by atoms with van der Waals surface area (Å²) in [6.07, 6.45) is 11.2. The van der Waals surface area contributed by atoms with Crippen molar-refractivity contribution in [2.45, 2.75) is 45.1 Å². The number of hydrogen-bond donors (Lipinski definition) is 1. The van der Waals surface area contributed by atoms with E-state index < -0.39 is 0 Å². The fourth-order valence-electron chi connectivity index (χ4n) is 7.34. The highest BCUT2D eigenvalue weighted by Gasteiger charge is 2.54. The van der Waals surface area contributed by atoms with Gasteiger partial charge >= 0.3 is 5.69 Å². The Bertz CT molecular complexity index is 1470. The Hall–Kier alpha value is -2.94. The second-order valence-electron chi connectivity index (χ2n) is 10.6. The molecule has 2 atom stereocenters. The quantitative estimate of drug-likeness (QED) is 0.493. The fraction of sp³-hybridized carbons (Fsp3) is 0.522. The van der Waals surface area contributed by atoms with E-state index >= 15 is 0 Å². The minimum atomic E-state index is 0.00106. The Kier molecular flexibility index (Phi) is 3.88. The van der Waals surface area contributed by atoms with E-state index in [-0.39, 0.29) is 11.7 Å². The molecule has 4 fully saturated rings. The van der Waals surface area contributed by atoms with Crippen LogP contribution in [0.3, 0.4) is 0 Å². The average molecular weight is 465 g/mol. The number of pyridine rings is 1. The number of hydrogen-bond acceptors (Lipinski definition) is 6. The zero-order valence-corrected chi connectivity index (χ0v) is 19.3. The predicted octanol–water partition coefficient (Wildman–Crippen LogP) is 3.96. The number of nitrogens with one attached hydrogen (secondary N) is 1. The van der Waals surface area contributed by atoms with E-state index in [4.69, 9.17) is 16.6 Å². The number of anilines is 2. The lowest BCUT2D eigenvalue weighted by Crippen LogP contribution is -2.51. The van der Waals surface area contributed by atoms with Gasteiger partial charge in [0.15, 0.2) is 11.3 Å². The van der Waals surface area contributed by atoms with Gasteiger partial charge in [0.1, 0.15) is 11.8 Å². The van der Waals surface area contributed by atoms with E-state index in [0.29, 0.717) is 45.2 Å². The summed E-state index contributed by atoms with van der Waals surface area (Å²) in [7, 11) is 1.81. The molecule has 1 N–H and O–H groups in total. The smallest absolute Gasteiger partial charge is 0.322 e.